The van der Waals surface area contributed by atoms with E-state index in [1.54, 1.807) is 14.2 Å². The molecule has 0 aliphatic carbocycles. The molecule has 0 aliphatic rings. The predicted octanol–water partition coefficient (Wildman–Crippen LogP) is 2.38. The van der Waals surface area contributed by atoms with Crippen LogP contribution < -0.4 is 4.74 Å². The molecule has 3 heteroatoms. The number of rotatable bonds is 5. The molecule has 78 valence electrons. The van der Waals surface area contributed by atoms with Crippen molar-refractivity contribution in [3.8, 4) is 5.75 Å². The van der Waals surface area contributed by atoms with Crippen LogP contribution in [0.3, 0.4) is 0 Å². The van der Waals surface area contributed by atoms with Crippen molar-refractivity contribution in [1.29, 1.82) is 0 Å². The zero-order valence-electron chi connectivity index (χ0n) is 8.82. The van der Waals surface area contributed by atoms with Crippen molar-refractivity contribution in [3.05, 3.63) is 29.8 Å². The van der Waals surface area contributed by atoms with Gasteiger partial charge in [0, 0.05) is 14.2 Å². The van der Waals surface area contributed by atoms with E-state index >= 15 is 0 Å². The lowest BCUT2D eigenvalue weighted by atomic mass is 10.1. The Labute approximate surface area is 84.6 Å². The smallest absolute Gasteiger partial charge is 0.188 e. The Kier molecular flexibility index (Phi) is 4.43. The van der Waals surface area contributed by atoms with Crippen molar-refractivity contribution < 1.29 is 14.2 Å². The molecule has 3 nitrogen and oxygen atoms in total. The standard InChI is InChI=1S/C11H16O3/c1-9(13-3)10-4-6-11(7-5-10)14-8-12-2/h4-7,9H,8H2,1-3H3. The Morgan fingerprint density at radius 1 is 1.14 bits per heavy atom. The minimum atomic E-state index is 0.117. The maximum Gasteiger partial charge on any atom is 0.188 e. The van der Waals surface area contributed by atoms with Gasteiger partial charge in [-0.2, -0.15) is 0 Å². The van der Waals surface area contributed by atoms with Crippen LogP contribution in [0, 0.1) is 0 Å². The second-order valence-electron chi connectivity index (χ2n) is 3.00. The van der Waals surface area contributed by atoms with Crippen molar-refractivity contribution >= 4 is 0 Å². The summed E-state index contributed by atoms with van der Waals surface area (Å²) in [6.07, 6.45) is 0.117. The molecule has 14 heavy (non-hydrogen) atoms. The van der Waals surface area contributed by atoms with Crippen molar-refractivity contribution in [1.82, 2.24) is 0 Å². The van der Waals surface area contributed by atoms with E-state index in [4.69, 9.17) is 14.2 Å². The molecule has 1 atom stereocenters. The SMILES string of the molecule is COCOc1ccc(C(C)OC)cc1. The van der Waals surface area contributed by atoms with Gasteiger partial charge in [0.2, 0.25) is 0 Å². The van der Waals surface area contributed by atoms with E-state index in [2.05, 4.69) is 0 Å². The molecule has 0 radical (unpaired) electrons. The van der Waals surface area contributed by atoms with Crippen LogP contribution in [0.5, 0.6) is 5.75 Å². The third-order valence-corrected chi connectivity index (χ3v) is 2.05. The first-order chi connectivity index (χ1) is 6.77. The Bertz CT molecular complexity index is 256. The van der Waals surface area contributed by atoms with Crippen molar-refractivity contribution in [2.75, 3.05) is 21.0 Å². The molecule has 0 N–H and O–H groups in total. The lowest BCUT2D eigenvalue weighted by molar-refractivity contribution is 0.0510. The second kappa shape index (κ2) is 5.62. The molecule has 1 rings (SSSR count). The molecular formula is C11H16O3. The van der Waals surface area contributed by atoms with Gasteiger partial charge in [0.05, 0.1) is 6.10 Å². The fourth-order valence-electron chi connectivity index (χ4n) is 1.10. The van der Waals surface area contributed by atoms with Gasteiger partial charge in [0.25, 0.3) is 0 Å². The lowest BCUT2D eigenvalue weighted by Gasteiger charge is -2.10. The molecule has 0 bridgehead atoms. The molecule has 1 aromatic rings. The normalized spacial score (nSPS) is 12.5. The molecule has 0 saturated carbocycles. The Morgan fingerprint density at radius 3 is 2.29 bits per heavy atom. The topological polar surface area (TPSA) is 27.7 Å². The number of methoxy groups -OCH3 is 2. The molecule has 0 aromatic heterocycles. The van der Waals surface area contributed by atoms with E-state index in [0.717, 1.165) is 11.3 Å². The molecule has 0 heterocycles. The van der Waals surface area contributed by atoms with Crippen LogP contribution in [0.1, 0.15) is 18.6 Å². The van der Waals surface area contributed by atoms with Crippen LogP contribution in [0.25, 0.3) is 0 Å². The van der Waals surface area contributed by atoms with Gasteiger partial charge in [-0.25, -0.2) is 0 Å². The number of ether oxygens (including phenoxy) is 3. The van der Waals surface area contributed by atoms with Crippen LogP contribution in [0.15, 0.2) is 24.3 Å². The van der Waals surface area contributed by atoms with Crippen LogP contribution in [0.4, 0.5) is 0 Å². The first-order valence-electron chi connectivity index (χ1n) is 4.52. The summed E-state index contributed by atoms with van der Waals surface area (Å²) in [6, 6.07) is 7.78. The average Bonchev–Trinajstić information content (AvgIpc) is 2.26. The summed E-state index contributed by atoms with van der Waals surface area (Å²) in [7, 11) is 3.29. The van der Waals surface area contributed by atoms with Crippen molar-refractivity contribution in [2.45, 2.75) is 13.0 Å². The summed E-state index contributed by atoms with van der Waals surface area (Å²) in [6.45, 7) is 2.28. The van der Waals surface area contributed by atoms with Crippen molar-refractivity contribution in [3.63, 3.8) is 0 Å². The highest BCUT2D eigenvalue weighted by atomic mass is 16.7. The molecule has 1 unspecified atom stereocenters. The summed E-state index contributed by atoms with van der Waals surface area (Å²) < 4.78 is 15.2. The Hall–Kier alpha value is -1.06. The molecule has 0 saturated heterocycles. The first-order valence-corrected chi connectivity index (χ1v) is 4.52. The molecule has 1 aromatic carbocycles. The second-order valence-corrected chi connectivity index (χ2v) is 3.00. The zero-order chi connectivity index (χ0) is 10.4. The highest BCUT2D eigenvalue weighted by Gasteiger charge is 2.02. The van der Waals surface area contributed by atoms with E-state index in [1.165, 1.54) is 0 Å². The molecule has 0 aliphatic heterocycles. The minimum absolute atomic E-state index is 0.117. The highest BCUT2D eigenvalue weighted by Crippen LogP contribution is 2.19. The monoisotopic (exact) mass is 196 g/mol. The summed E-state index contributed by atoms with van der Waals surface area (Å²) in [5.41, 5.74) is 1.14. The summed E-state index contributed by atoms with van der Waals surface area (Å²) in [4.78, 5) is 0. The van der Waals surface area contributed by atoms with Gasteiger partial charge in [-0.3, -0.25) is 0 Å². The lowest BCUT2D eigenvalue weighted by Crippen LogP contribution is -1.99. The molecule has 0 spiro atoms. The maximum absolute atomic E-state index is 5.26. The van der Waals surface area contributed by atoms with E-state index in [9.17, 15) is 0 Å². The van der Waals surface area contributed by atoms with Crippen LogP contribution in [-0.2, 0) is 9.47 Å². The van der Waals surface area contributed by atoms with E-state index in [-0.39, 0.29) is 12.9 Å². The largest absolute Gasteiger partial charge is 0.468 e. The maximum atomic E-state index is 5.26. The fraction of sp³-hybridized carbons (Fsp3) is 0.455. The fourth-order valence-corrected chi connectivity index (χ4v) is 1.10. The third-order valence-electron chi connectivity index (χ3n) is 2.05. The van der Waals surface area contributed by atoms with Crippen LogP contribution in [0.2, 0.25) is 0 Å². The predicted molar refractivity (Wildman–Crippen MR) is 54.4 cm³/mol. The van der Waals surface area contributed by atoms with Gasteiger partial charge < -0.3 is 14.2 Å². The first kappa shape index (κ1) is 11.0. The number of hydrogen-bond donors (Lipinski definition) is 0. The van der Waals surface area contributed by atoms with Gasteiger partial charge in [-0.1, -0.05) is 12.1 Å². The van der Waals surface area contributed by atoms with Crippen LogP contribution >= 0.6 is 0 Å². The summed E-state index contributed by atoms with van der Waals surface area (Å²) >= 11 is 0. The van der Waals surface area contributed by atoms with Gasteiger partial charge in [-0.15, -0.1) is 0 Å². The number of benzene rings is 1. The van der Waals surface area contributed by atoms with Gasteiger partial charge in [0.15, 0.2) is 6.79 Å². The van der Waals surface area contributed by atoms with E-state index < -0.39 is 0 Å². The zero-order valence-corrected chi connectivity index (χ0v) is 8.82. The van der Waals surface area contributed by atoms with Crippen LogP contribution in [-0.4, -0.2) is 21.0 Å². The van der Waals surface area contributed by atoms with E-state index in [0.29, 0.717) is 0 Å². The van der Waals surface area contributed by atoms with Gasteiger partial charge >= 0.3 is 0 Å². The number of hydrogen-bond acceptors (Lipinski definition) is 3. The molecule has 0 fully saturated rings. The van der Waals surface area contributed by atoms with Crippen molar-refractivity contribution in [2.24, 2.45) is 0 Å². The van der Waals surface area contributed by atoms with E-state index in [1.807, 2.05) is 31.2 Å². The third kappa shape index (κ3) is 3.01. The quantitative estimate of drug-likeness (QED) is 0.677. The van der Waals surface area contributed by atoms with Gasteiger partial charge in [-0.05, 0) is 24.6 Å². The van der Waals surface area contributed by atoms with Gasteiger partial charge in [0.1, 0.15) is 5.75 Å². The highest BCUT2D eigenvalue weighted by molar-refractivity contribution is 5.28. The Morgan fingerprint density at radius 2 is 1.79 bits per heavy atom. The molecular weight excluding hydrogens is 180 g/mol. The average molecular weight is 196 g/mol. The molecule has 0 amide bonds. The summed E-state index contributed by atoms with van der Waals surface area (Å²) in [5.74, 6) is 0.805. The summed E-state index contributed by atoms with van der Waals surface area (Å²) in [5, 5.41) is 0. The minimum Gasteiger partial charge on any atom is -0.468 e. The Balaban J connectivity index is 2.59.